The predicted octanol–water partition coefficient (Wildman–Crippen LogP) is 3.40. The number of rotatable bonds is 2. The summed E-state index contributed by atoms with van der Waals surface area (Å²) in [6.07, 6.45) is 1.78. The van der Waals surface area contributed by atoms with Gasteiger partial charge < -0.3 is 4.57 Å². The lowest BCUT2D eigenvalue weighted by atomic mass is 10.2. The van der Waals surface area contributed by atoms with Crippen LogP contribution in [-0.2, 0) is 6.54 Å². The Hall–Kier alpha value is -0.690. The Morgan fingerprint density at radius 1 is 1.29 bits per heavy atom. The summed E-state index contributed by atoms with van der Waals surface area (Å²) in [5.41, 5.74) is 0.813. The molecular weight excluding hydrogens is 400 g/mol. The molecule has 88 valence electrons. The standard InChI is InChI=1S/C12H8BrFINO/c13-10-5-8(1-3-11(10)14)6-16-7-9(15)2-4-12(16)17/h1-5,7H,6H2. The molecule has 0 bridgehead atoms. The summed E-state index contributed by atoms with van der Waals surface area (Å²) in [6.45, 7) is 0.439. The van der Waals surface area contributed by atoms with E-state index in [0.717, 1.165) is 9.13 Å². The zero-order chi connectivity index (χ0) is 12.4. The van der Waals surface area contributed by atoms with Crippen molar-refractivity contribution < 1.29 is 4.39 Å². The topological polar surface area (TPSA) is 22.0 Å². The lowest BCUT2D eigenvalue weighted by molar-refractivity contribution is 0.619. The van der Waals surface area contributed by atoms with Gasteiger partial charge >= 0.3 is 0 Å². The highest BCUT2D eigenvalue weighted by Crippen LogP contribution is 2.17. The van der Waals surface area contributed by atoms with E-state index in [9.17, 15) is 9.18 Å². The van der Waals surface area contributed by atoms with Crippen LogP contribution in [-0.4, -0.2) is 4.57 Å². The molecule has 2 nitrogen and oxygen atoms in total. The quantitative estimate of drug-likeness (QED) is 0.699. The molecule has 0 aliphatic heterocycles. The van der Waals surface area contributed by atoms with Crippen molar-refractivity contribution in [1.82, 2.24) is 4.57 Å². The summed E-state index contributed by atoms with van der Waals surface area (Å²) in [5.74, 6) is -0.302. The van der Waals surface area contributed by atoms with Gasteiger partial charge in [0.1, 0.15) is 5.82 Å². The van der Waals surface area contributed by atoms with Gasteiger partial charge in [-0.05, 0) is 62.3 Å². The van der Waals surface area contributed by atoms with Gasteiger partial charge in [-0.2, -0.15) is 0 Å². The van der Waals surface area contributed by atoms with Gasteiger partial charge in [-0.1, -0.05) is 6.07 Å². The van der Waals surface area contributed by atoms with Gasteiger partial charge in [-0.25, -0.2) is 4.39 Å². The molecule has 0 aliphatic carbocycles. The summed E-state index contributed by atoms with van der Waals surface area (Å²) in [4.78, 5) is 11.6. The van der Waals surface area contributed by atoms with E-state index >= 15 is 0 Å². The van der Waals surface area contributed by atoms with E-state index in [1.807, 2.05) is 0 Å². The summed E-state index contributed by atoms with van der Waals surface area (Å²) >= 11 is 5.28. The first kappa shape index (κ1) is 12.8. The van der Waals surface area contributed by atoms with E-state index in [0.29, 0.717) is 11.0 Å². The molecular formula is C12H8BrFINO. The Balaban J connectivity index is 2.34. The number of nitrogens with zero attached hydrogens (tertiary/aromatic N) is 1. The molecule has 1 aromatic carbocycles. The van der Waals surface area contributed by atoms with Gasteiger partial charge in [-0.3, -0.25) is 4.79 Å². The van der Waals surface area contributed by atoms with Crippen molar-refractivity contribution in [2.45, 2.75) is 6.54 Å². The van der Waals surface area contributed by atoms with E-state index in [2.05, 4.69) is 38.5 Å². The van der Waals surface area contributed by atoms with Gasteiger partial charge in [0.05, 0.1) is 11.0 Å². The van der Waals surface area contributed by atoms with Crippen LogP contribution in [0.15, 0.2) is 45.8 Å². The Morgan fingerprint density at radius 2 is 2.06 bits per heavy atom. The Morgan fingerprint density at radius 3 is 2.76 bits per heavy atom. The van der Waals surface area contributed by atoms with Gasteiger partial charge in [0.2, 0.25) is 0 Å². The lowest BCUT2D eigenvalue weighted by Crippen LogP contribution is -2.19. The molecule has 0 saturated heterocycles. The van der Waals surface area contributed by atoms with Gasteiger partial charge in [0.25, 0.3) is 5.56 Å². The van der Waals surface area contributed by atoms with Gasteiger partial charge in [0.15, 0.2) is 0 Å². The molecule has 17 heavy (non-hydrogen) atoms. The molecule has 2 aromatic rings. The average Bonchev–Trinajstić information content (AvgIpc) is 2.29. The first-order chi connectivity index (χ1) is 8.06. The van der Waals surface area contributed by atoms with Crippen LogP contribution >= 0.6 is 38.5 Å². The Labute approximate surface area is 120 Å². The molecule has 1 heterocycles. The smallest absolute Gasteiger partial charge is 0.250 e. The van der Waals surface area contributed by atoms with Crippen molar-refractivity contribution >= 4 is 38.5 Å². The zero-order valence-electron chi connectivity index (χ0n) is 8.66. The first-order valence-corrected chi connectivity index (χ1v) is 6.73. The number of hydrogen-bond donors (Lipinski definition) is 0. The van der Waals surface area contributed by atoms with Crippen LogP contribution in [0.5, 0.6) is 0 Å². The third kappa shape index (κ3) is 3.16. The first-order valence-electron chi connectivity index (χ1n) is 4.86. The number of halogens is 3. The average molecular weight is 408 g/mol. The van der Waals surface area contributed by atoms with E-state index in [-0.39, 0.29) is 11.4 Å². The Bertz CT molecular complexity index is 612. The van der Waals surface area contributed by atoms with Gasteiger partial charge in [-0.15, -0.1) is 0 Å². The van der Waals surface area contributed by atoms with Crippen LogP contribution < -0.4 is 5.56 Å². The third-order valence-corrected chi connectivity index (χ3v) is 3.53. The maximum absolute atomic E-state index is 13.1. The number of aromatic nitrogens is 1. The SMILES string of the molecule is O=c1ccc(I)cn1Cc1ccc(F)c(Br)c1. The van der Waals surface area contributed by atoms with Crippen molar-refractivity contribution in [3.05, 3.63) is 66.3 Å². The highest BCUT2D eigenvalue weighted by Gasteiger charge is 2.02. The van der Waals surface area contributed by atoms with Crippen LogP contribution in [0.1, 0.15) is 5.56 Å². The van der Waals surface area contributed by atoms with Crippen molar-refractivity contribution in [2.24, 2.45) is 0 Å². The van der Waals surface area contributed by atoms with Gasteiger partial charge in [0, 0.05) is 15.8 Å². The highest BCUT2D eigenvalue weighted by atomic mass is 127. The molecule has 0 amide bonds. The van der Waals surface area contributed by atoms with Crippen LogP contribution in [0, 0.1) is 9.39 Å². The molecule has 0 unspecified atom stereocenters. The molecule has 0 atom stereocenters. The largest absolute Gasteiger partial charge is 0.310 e. The molecule has 1 aromatic heterocycles. The number of pyridine rings is 1. The van der Waals surface area contributed by atoms with E-state index in [1.165, 1.54) is 12.1 Å². The minimum Gasteiger partial charge on any atom is -0.310 e. The summed E-state index contributed by atoms with van der Waals surface area (Å²) in [5, 5.41) is 0. The number of hydrogen-bond acceptors (Lipinski definition) is 1. The van der Waals surface area contributed by atoms with E-state index in [1.54, 1.807) is 29.0 Å². The lowest BCUT2D eigenvalue weighted by Gasteiger charge is -2.06. The maximum Gasteiger partial charge on any atom is 0.250 e. The summed E-state index contributed by atoms with van der Waals surface area (Å²) in [6, 6.07) is 8.03. The minimum atomic E-state index is -0.302. The highest BCUT2D eigenvalue weighted by molar-refractivity contribution is 14.1. The van der Waals surface area contributed by atoms with Crippen molar-refractivity contribution in [3.63, 3.8) is 0 Å². The maximum atomic E-state index is 13.1. The van der Waals surface area contributed by atoms with Crippen LogP contribution in [0.4, 0.5) is 4.39 Å². The second-order valence-corrected chi connectivity index (χ2v) is 5.66. The predicted molar refractivity (Wildman–Crippen MR) is 76.6 cm³/mol. The molecule has 5 heteroatoms. The van der Waals surface area contributed by atoms with Crippen LogP contribution in [0.2, 0.25) is 0 Å². The molecule has 0 radical (unpaired) electrons. The third-order valence-electron chi connectivity index (χ3n) is 2.28. The van der Waals surface area contributed by atoms with E-state index < -0.39 is 0 Å². The molecule has 0 aliphatic rings. The van der Waals surface area contributed by atoms with Crippen molar-refractivity contribution in [3.8, 4) is 0 Å². The summed E-state index contributed by atoms with van der Waals surface area (Å²) in [7, 11) is 0. The fourth-order valence-electron chi connectivity index (χ4n) is 1.46. The number of benzene rings is 1. The Kier molecular flexibility index (Phi) is 3.98. The molecule has 0 fully saturated rings. The van der Waals surface area contributed by atoms with Crippen LogP contribution in [0.3, 0.4) is 0 Å². The minimum absolute atomic E-state index is 0.0640. The summed E-state index contributed by atoms with van der Waals surface area (Å²) < 4.78 is 16.1. The van der Waals surface area contributed by atoms with Crippen molar-refractivity contribution in [1.29, 1.82) is 0 Å². The van der Waals surface area contributed by atoms with Crippen molar-refractivity contribution in [2.75, 3.05) is 0 Å². The molecule has 0 spiro atoms. The fourth-order valence-corrected chi connectivity index (χ4v) is 2.40. The molecule has 2 rings (SSSR count). The fraction of sp³-hybridized carbons (Fsp3) is 0.0833. The molecule has 0 N–H and O–H groups in total. The van der Waals surface area contributed by atoms with E-state index in [4.69, 9.17) is 0 Å². The monoisotopic (exact) mass is 407 g/mol. The second kappa shape index (κ2) is 5.30. The van der Waals surface area contributed by atoms with Crippen LogP contribution in [0.25, 0.3) is 0 Å². The normalized spacial score (nSPS) is 10.5. The zero-order valence-corrected chi connectivity index (χ0v) is 12.4. The second-order valence-electron chi connectivity index (χ2n) is 3.56. The molecule has 0 saturated carbocycles.